The van der Waals surface area contributed by atoms with Crippen molar-refractivity contribution in [2.45, 2.75) is 0 Å². The van der Waals surface area contributed by atoms with Crippen LogP contribution in [0.4, 0.5) is 0 Å². The van der Waals surface area contributed by atoms with Crippen LogP contribution in [0.3, 0.4) is 0 Å². The molecule has 4 heteroatoms. The third-order valence-electron chi connectivity index (χ3n) is 1.57. The van der Waals surface area contributed by atoms with Crippen LogP contribution in [0.2, 0.25) is 5.15 Å². The van der Waals surface area contributed by atoms with Crippen LogP contribution in [-0.4, -0.2) is 15.0 Å². The molecule has 0 atom stereocenters. The molecule has 0 spiro atoms. The van der Waals surface area contributed by atoms with Crippen molar-refractivity contribution >= 4 is 11.6 Å². The zero-order valence-electron chi connectivity index (χ0n) is 6.68. The number of rotatable bonds is 1. The molecule has 0 radical (unpaired) electrons. The third kappa shape index (κ3) is 1.81. The van der Waals surface area contributed by atoms with Gasteiger partial charge in [-0.25, -0.2) is 15.0 Å². The van der Waals surface area contributed by atoms with E-state index >= 15 is 0 Å². The predicted octanol–water partition coefficient (Wildman–Crippen LogP) is 2.19. The molecule has 0 unspecified atom stereocenters. The molecule has 0 saturated carbocycles. The second-order valence-corrected chi connectivity index (χ2v) is 2.86. The van der Waals surface area contributed by atoms with Crippen molar-refractivity contribution in [1.82, 2.24) is 15.0 Å². The van der Waals surface area contributed by atoms with Crippen LogP contribution in [-0.2, 0) is 0 Å². The minimum Gasteiger partial charge on any atom is -0.244 e. The van der Waals surface area contributed by atoms with Gasteiger partial charge in [0.15, 0.2) is 0 Å². The maximum atomic E-state index is 5.74. The molecule has 0 bridgehead atoms. The van der Waals surface area contributed by atoms with Crippen molar-refractivity contribution in [1.29, 1.82) is 0 Å². The van der Waals surface area contributed by atoms with Crippen molar-refractivity contribution in [3.05, 3.63) is 42.1 Å². The average Bonchev–Trinajstić information content (AvgIpc) is 2.19. The Labute approximate surface area is 80.5 Å². The third-order valence-corrected chi connectivity index (χ3v) is 1.78. The van der Waals surface area contributed by atoms with Gasteiger partial charge in [-0.2, -0.15) is 0 Å². The molecule has 13 heavy (non-hydrogen) atoms. The number of nitrogens with zero attached hydrogens (tertiary/aromatic N) is 3. The van der Waals surface area contributed by atoms with Crippen molar-refractivity contribution in [2.75, 3.05) is 0 Å². The fraction of sp³-hybridized carbons (Fsp3) is 0. The Balaban J connectivity index is 2.48. The summed E-state index contributed by atoms with van der Waals surface area (Å²) in [4.78, 5) is 11.9. The summed E-state index contributed by atoms with van der Waals surface area (Å²) in [5, 5.41) is 0.473. The summed E-state index contributed by atoms with van der Waals surface area (Å²) in [6, 6.07) is 5.44. The molecule has 0 aliphatic carbocycles. The molecular weight excluding hydrogens is 186 g/mol. The first-order valence-corrected chi connectivity index (χ1v) is 4.12. The maximum absolute atomic E-state index is 5.74. The number of hydrogen-bond acceptors (Lipinski definition) is 3. The van der Waals surface area contributed by atoms with Gasteiger partial charge in [0.2, 0.25) is 0 Å². The van der Waals surface area contributed by atoms with Crippen LogP contribution in [0.5, 0.6) is 0 Å². The first kappa shape index (κ1) is 8.13. The van der Waals surface area contributed by atoms with E-state index in [1.54, 1.807) is 18.5 Å². The van der Waals surface area contributed by atoms with E-state index in [0.717, 1.165) is 11.3 Å². The largest absolute Gasteiger partial charge is 0.244 e. The fourth-order valence-electron chi connectivity index (χ4n) is 1.00. The fourth-order valence-corrected chi connectivity index (χ4v) is 1.16. The SMILES string of the molecule is Clc1cccc(-c2cncnc2)n1. The summed E-state index contributed by atoms with van der Waals surface area (Å²) >= 11 is 5.74. The van der Waals surface area contributed by atoms with Gasteiger partial charge >= 0.3 is 0 Å². The molecule has 2 heterocycles. The summed E-state index contributed by atoms with van der Waals surface area (Å²) in [6.07, 6.45) is 4.88. The van der Waals surface area contributed by atoms with E-state index in [4.69, 9.17) is 11.6 Å². The Morgan fingerprint density at radius 2 is 1.85 bits per heavy atom. The zero-order valence-corrected chi connectivity index (χ0v) is 7.44. The molecule has 2 aromatic rings. The second kappa shape index (κ2) is 3.49. The summed E-state index contributed by atoms with van der Waals surface area (Å²) in [5.41, 5.74) is 1.65. The molecule has 64 valence electrons. The molecule has 0 aliphatic heterocycles. The highest BCUT2D eigenvalue weighted by Gasteiger charge is 1.98. The Bertz CT molecular complexity index is 403. The Hall–Kier alpha value is -1.48. The zero-order chi connectivity index (χ0) is 9.10. The Morgan fingerprint density at radius 1 is 1.08 bits per heavy atom. The van der Waals surface area contributed by atoms with Gasteiger partial charge in [0.05, 0.1) is 5.69 Å². The first-order valence-electron chi connectivity index (χ1n) is 3.74. The quantitative estimate of drug-likeness (QED) is 0.649. The van der Waals surface area contributed by atoms with Gasteiger partial charge in [-0.15, -0.1) is 0 Å². The number of hydrogen-bond donors (Lipinski definition) is 0. The molecule has 0 amide bonds. The number of halogens is 1. The van der Waals surface area contributed by atoms with E-state index < -0.39 is 0 Å². The molecule has 0 saturated heterocycles. The number of aromatic nitrogens is 3. The van der Waals surface area contributed by atoms with E-state index in [1.165, 1.54) is 6.33 Å². The van der Waals surface area contributed by atoms with Crippen LogP contribution in [0.25, 0.3) is 11.3 Å². The van der Waals surface area contributed by atoms with Gasteiger partial charge in [-0.3, -0.25) is 0 Å². The van der Waals surface area contributed by atoms with E-state index in [1.807, 2.05) is 12.1 Å². The minimum atomic E-state index is 0.473. The van der Waals surface area contributed by atoms with Gasteiger partial charge in [0.25, 0.3) is 0 Å². The lowest BCUT2D eigenvalue weighted by molar-refractivity contribution is 1.16. The van der Waals surface area contributed by atoms with E-state index in [9.17, 15) is 0 Å². The Kier molecular flexibility index (Phi) is 2.19. The van der Waals surface area contributed by atoms with Crippen LogP contribution in [0, 0.1) is 0 Å². The molecule has 2 rings (SSSR count). The highest BCUT2D eigenvalue weighted by molar-refractivity contribution is 6.29. The standard InChI is InChI=1S/C9H6ClN3/c10-9-3-1-2-8(13-9)7-4-11-6-12-5-7/h1-6H. The molecule has 0 N–H and O–H groups in total. The van der Waals surface area contributed by atoms with Crippen LogP contribution >= 0.6 is 11.6 Å². The minimum absolute atomic E-state index is 0.473. The molecule has 0 aromatic carbocycles. The summed E-state index contributed by atoms with van der Waals surface area (Å²) in [7, 11) is 0. The topological polar surface area (TPSA) is 38.7 Å². The van der Waals surface area contributed by atoms with Crippen molar-refractivity contribution in [3.8, 4) is 11.3 Å². The van der Waals surface area contributed by atoms with Crippen molar-refractivity contribution in [2.24, 2.45) is 0 Å². The van der Waals surface area contributed by atoms with Crippen molar-refractivity contribution < 1.29 is 0 Å². The van der Waals surface area contributed by atoms with Gasteiger partial charge in [0.1, 0.15) is 11.5 Å². The molecule has 2 aromatic heterocycles. The summed E-state index contributed by atoms with van der Waals surface area (Å²) in [6.45, 7) is 0. The molecule has 3 nitrogen and oxygen atoms in total. The van der Waals surface area contributed by atoms with Gasteiger partial charge in [0, 0.05) is 18.0 Å². The number of pyridine rings is 1. The lowest BCUT2D eigenvalue weighted by Gasteiger charge is -1.98. The summed E-state index contributed by atoms with van der Waals surface area (Å²) < 4.78 is 0. The van der Waals surface area contributed by atoms with Gasteiger partial charge in [-0.05, 0) is 12.1 Å². The van der Waals surface area contributed by atoms with E-state index in [-0.39, 0.29) is 0 Å². The van der Waals surface area contributed by atoms with Crippen molar-refractivity contribution in [3.63, 3.8) is 0 Å². The van der Waals surface area contributed by atoms with E-state index in [0.29, 0.717) is 5.15 Å². The monoisotopic (exact) mass is 191 g/mol. The van der Waals surface area contributed by atoms with Crippen LogP contribution in [0.1, 0.15) is 0 Å². The van der Waals surface area contributed by atoms with Crippen LogP contribution in [0.15, 0.2) is 36.9 Å². The predicted molar refractivity (Wildman–Crippen MR) is 50.3 cm³/mol. The smallest absolute Gasteiger partial charge is 0.129 e. The average molecular weight is 192 g/mol. The molecule has 0 aliphatic rings. The normalized spacial score (nSPS) is 9.92. The van der Waals surface area contributed by atoms with Crippen LogP contribution < -0.4 is 0 Å². The maximum Gasteiger partial charge on any atom is 0.129 e. The van der Waals surface area contributed by atoms with E-state index in [2.05, 4.69) is 15.0 Å². The van der Waals surface area contributed by atoms with Gasteiger partial charge in [-0.1, -0.05) is 17.7 Å². The van der Waals surface area contributed by atoms with Gasteiger partial charge < -0.3 is 0 Å². The highest BCUT2D eigenvalue weighted by Crippen LogP contribution is 2.16. The lowest BCUT2D eigenvalue weighted by Crippen LogP contribution is -1.85. The lowest BCUT2D eigenvalue weighted by atomic mass is 10.2. The first-order chi connectivity index (χ1) is 6.36. The molecular formula is C9H6ClN3. The highest BCUT2D eigenvalue weighted by atomic mass is 35.5. The summed E-state index contributed by atoms with van der Waals surface area (Å²) in [5.74, 6) is 0. The molecule has 0 fully saturated rings. The Morgan fingerprint density at radius 3 is 2.54 bits per heavy atom. The second-order valence-electron chi connectivity index (χ2n) is 2.47.